The second kappa shape index (κ2) is 10.8. The predicted octanol–water partition coefficient (Wildman–Crippen LogP) is 3.83. The van der Waals surface area contributed by atoms with E-state index in [4.69, 9.17) is 9.16 Å². The van der Waals surface area contributed by atoms with E-state index in [0.29, 0.717) is 12.2 Å². The molecule has 4 rings (SSSR count). The Labute approximate surface area is 210 Å². The van der Waals surface area contributed by atoms with Crippen molar-refractivity contribution in [3.63, 3.8) is 0 Å². The van der Waals surface area contributed by atoms with Crippen LogP contribution in [0.15, 0.2) is 84.9 Å². The predicted molar refractivity (Wildman–Crippen MR) is 145 cm³/mol. The molecule has 3 aromatic rings. The van der Waals surface area contributed by atoms with Crippen LogP contribution < -0.4 is 20.6 Å². The molecule has 1 saturated heterocycles. The number of hydrogen-bond donors (Lipinski definition) is 1. The number of rotatable bonds is 7. The van der Waals surface area contributed by atoms with Crippen LogP contribution in [-0.4, -0.2) is 53.7 Å². The highest BCUT2D eigenvalue weighted by atomic mass is 28.4. The fraction of sp³-hybridized carbons (Fsp3) is 0.345. The maximum Gasteiger partial charge on any atom is 0.337 e. The van der Waals surface area contributed by atoms with Crippen LogP contribution in [0.4, 0.5) is 5.69 Å². The first kappa shape index (κ1) is 25.2. The quantitative estimate of drug-likeness (QED) is 0.405. The van der Waals surface area contributed by atoms with Gasteiger partial charge >= 0.3 is 5.97 Å². The van der Waals surface area contributed by atoms with Gasteiger partial charge in [-0.2, -0.15) is 0 Å². The molecule has 0 radical (unpaired) electrons. The Bertz CT molecular complexity index is 1060. The molecule has 6 heteroatoms. The summed E-state index contributed by atoms with van der Waals surface area (Å²) < 4.78 is 12.1. The van der Waals surface area contributed by atoms with Crippen LogP contribution in [0.3, 0.4) is 0 Å². The number of carbonyl (C=O) groups is 1. The van der Waals surface area contributed by atoms with Crippen LogP contribution in [-0.2, 0) is 9.16 Å². The first-order valence-corrected chi connectivity index (χ1v) is 14.2. The number of anilines is 1. The molecule has 3 aromatic carbocycles. The van der Waals surface area contributed by atoms with Crippen molar-refractivity contribution in [1.82, 2.24) is 5.32 Å². The Balaban J connectivity index is 1.66. The average Bonchev–Trinajstić information content (AvgIpc) is 2.89. The molecule has 0 bridgehead atoms. The molecule has 184 valence electrons. The van der Waals surface area contributed by atoms with E-state index >= 15 is 0 Å². The van der Waals surface area contributed by atoms with E-state index in [1.807, 2.05) is 24.3 Å². The summed E-state index contributed by atoms with van der Waals surface area (Å²) in [5, 5.41) is 6.06. The molecule has 1 heterocycles. The third-order valence-electron chi connectivity index (χ3n) is 6.88. The second-order valence-electron chi connectivity index (χ2n) is 10.1. The Morgan fingerprint density at radius 1 is 0.943 bits per heavy atom. The van der Waals surface area contributed by atoms with E-state index in [1.54, 1.807) is 0 Å². The zero-order valence-corrected chi connectivity index (χ0v) is 22.2. The second-order valence-corrected chi connectivity index (χ2v) is 14.4. The summed E-state index contributed by atoms with van der Waals surface area (Å²) in [6, 6.07) is 29.4. The standard InChI is InChI=1S/C29H36N2O3Si/c1-29(2,3)35(26-11-7-5-8-12-26,27-13-9-6-10-14-27)34-22-25-21-30-19-20-31(25)24-17-15-23(16-18-24)28(32)33-4/h5-18,25,30H,19-22H2,1-4H3/t25-/m1/s1. The van der Waals surface area contributed by atoms with Gasteiger partial charge in [0.15, 0.2) is 0 Å². The van der Waals surface area contributed by atoms with Gasteiger partial charge in [0, 0.05) is 25.3 Å². The van der Waals surface area contributed by atoms with Crippen LogP contribution in [0.1, 0.15) is 31.1 Å². The lowest BCUT2D eigenvalue weighted by molar-refractivity contribution is 0.0600. The van der Waals surface area contributed by atoms with Crippen LogP contribution in [0.2, 0.25) is 5.04 Å². The summed E-state index contributed by atoms with van der Waals surface area (Å²) in [7, 11) is -1.20. The van der Waals surface area contributed by atoms with Gasteiger partial charge in [-0.3, -0.25) is 0 Å². The Morgan fingerprint density at radius 2 is 1.51 bits per heavy atom. The normalized spacial score (nSPS) is 16.7. The molecule has 0 unspecified atom stereocenters. The van der Waals surface area contributed by atoms with Gasteiger partial charge in [-0.25, -0.2) is 4.79 Å². The summed E-state index contributed by atoms with van der Waals surface area (Å²) in [4.78, 5) is 14.3. The molecule has 0 saturated carbocycles. The molecule has 1 aliphatic rings. The summed E-state index contributed by atoms with van der Waals surface area (Å²) in [5.41, 5.74) is 1.65. The minimum absolute atomic E-state index is 0.0647. The minimum atomic E-state index is -2.61. The van der Waals surface area contributed by atoms with E-state index in [2.05, 4.69) is 91.7 Å². The lowest BCUT2D eigenvalue weighted by Crippen LogP contribution is -2.68. The van der Waals surface area contributed by atoms with Crippen LogP contribution in [0, 0.1) is 0 Å². The molecule has 0 spiro atoms. The largest absolute Gasteiger partial charge is 0.465 e. The van der Waals surface area contributed by atoms with Gasteiger partial charge in [-0.1, -0.05) is 81.4 Å². The summed E-state index contributed by atoms with van der Waals surface area (Å²) >= 11 is 0. The number of ether oxygens (including phenoxy) is 1. The molecule has 5 nitrogen and oxygen atoms in total. The van der Waals surface area contributed by atoms with Gasteiger partial charge in [-0.05, 0) is 39.7 Å². The van der Waals surface area contributed by atoms with E-state index in [1.165, 1.54) is 17.5 Å². The topological polar surface area (TPSA) is 50.8 Å². The number of carbonyl (C=O) groups excluding carboxylic acids is 1. The molecule has 0 aromatic heterocycles. The van der Waals surface area contributed by atoms with Crippen molar-refractivity contribution in [2.75, 3.05) is 38.3 Å². The number of hydrogen-bond acceptors (Lipinski definition) is 5. The first-order chi connectivity index (χ1) is 16.9. The van der Waals surface area contributed by atoms with Crippen molar-refractivity contribution in [2.24, 2.45) is 0 Å². The van der Waals surface area contributed by atoms with Crippen LogP contribution in [0.25, 0.3) is 0 Å². The Kier molecular flexibility index (Phi) is 7.74. The van der Waals surface area contributed by atoms with Gasteiger partial charge in [0.05, 0.1) is 25.3 Å². The Morgan fingerprint density at radius 3 is 2.03 bits per heavy atom. The van der Waals surface area contributed by atoms with Crippen molar-refractivity contribution in [3.8, 4) is 0 Å². The highest BCUT2D eigenvalue weighted by Gasteiger charge is 2.50. The van der Waals surface area contributed by atoms with Crippen molar-refractivity contribution in [1.29, 1.82) is 0 Å². The molecule has 35 heavy (non-hydrogen) atoms. The van der Waals surface area contributed by atoms with E-state index in [9.17, 15) is 4.79 Å². The van der Waals surface area contributed by atoms with Gasteiger partial charge in [0.2, 0.25) is 0 Å². The number of esters is 1. The van der Waals surface area contributed by atoms with Gasteiger partial charge in [0.1, 0.15) is 0 Å². The van der Waals surface area contributed by atoms with Gasteiger partial charge in [0.25, 0.3) is 8.32 Å². The van der Waals surface area contributed by atoms with E-state index < -0.39 is 8.32 Å². The van der Waals surface area contributed by atoms with Crippen molar-refractivity contribution in [2.45, 2.75) is 31.9 Å². The lowest BCUT2D eigenvalue weighted by Gasteiger charge is -2.45. The molecule has 0 amide bonds. The molecular weight excluding hydrogens is 452 g/mol. The minimum Gasteiger partial charge on any atom is -0.465 e. The van der Waals surface area contributed by atoms with E-state index in [-0.39, 0.29) is 17.0 Å². The zero-order valence-electron chi connectivity index (χ0n) is 21.2. The highest BCUT2D eigenvalue weighted by molar-refractivity contribution is 6.99. The number of nitrogens with zero attached hydrogens (tertiary/aromatic N) is 1. The maximum absolute atomic E-state index is 11.9. The van der Waals surface area contributed by atoms with Crippen molar-refractivity contribution in [3.05, 3.63) is 90.5 Å². The lowest BCUT2D eigenvalue weighted by atomic mass is 10.1. The fourth-order valence-electron chi connectivity index (χ4n) is 5.14. The number of nitrogens with one attached hydrogen (secondary N) is 1. The zero-order chi connectivity index (χ0) is 24.9. The smallest absolute Gasteiger partial charge is 0.337 e. The third kappa shape index (κ3) is 5.20. The number of piperazine rings is 1. The third-order valence-corrected chi connectivity index (χ3v) is 11.9. The first-order valence-electron chi connectivity index (χ1n) is 12.3. The van der Waals surface area contributed by atoms with Gasteiger partial charge < -0.3 is 19.4 Å². The number of methoxy groups -OCH3 is 1. The van der Waals surface area contributed by atoms with Crippen molar-refractivity contribution >= 4 is 30.3 Å². The summed E-state index contributed by atoms with van der Waals surface area (Å²) in [6.45, 7) is 10.2. The highest BCUT2D eigenvalue weighted by Crippen LogP contribution is 2.37. The summed E-state index contributed by atoms with van der Waals surface area (Å²) in [5.74, 6) is -0.316. The average molecular weight is 489 g/mol. The van der Waals surface area contributed by atoms with Crippen LogP contribution in [0.5, 0.6) is 0 Å². The number of benzene rings is 3. The fourth-order valence-corrected chi connectivity index (χ4v) is 9.74. The molecule has 1 N–H and O–H groups in total. The van der Waals surface area contributed by atoms with Gasteiger partial charge in [-0.15, -0.1) is 0 Å². The summed E-state index contributed by atoms with van der Waals surface area (Å²) in [6.07, 6.45) is 0. The molecule has 1 fully saturated rings. The SMILES string of the molecule is COC(=O)c1ccc(N2CCNC[C@@H]2CO[Si](c2ccccc2)(c2ccccc2)C(C)(C)C)cc1. The molecular formula is C29H36N2O3Si. The Hall–Kier alpha value is -2.93. The molecule has 1 aliphatic heterocycles. The maximum atomic E-state index is 11.9. The van der Waals surface area contributed by atoms with E-state index in [0.717, 1.165) is 25.3 Å². The molecule has 1 atom stereocenters. The van der Waals surface area contributed by atoms with Crippen molar-refractivity contribution < 1.29 is 14.0 Å². The van der Waals surface area contributed by atoms with Crippen LogP contribution >= 0.6 is 0 Å². The monoisotopic (exact) mass is 488 g/mol. The molecule has 0 aliphatic carbocycles.